The van der Waals surface area contributed by atoms with Crippen LogP contribution in [0.15, 0.2) is 48.5 Å². The summed E-state index contributed by atoms with van der Waals surface area (Å²) in [6.45, 7) is 4.11. The van der Waals surface area contributed by atoms with Gasteiger partial charge in [-0.3, -0.25) is 9.10 Å². The molecule has 2 aromatic rings. The normalized spacial score (nSPS) is 12.3. The van der Waals surface area contributed by atoms with Gasteiger partial charge in [-0.05, 0) is 31.0 Å². The van der Waals surface area contributed by atoms with Crippen molar-refractivity contribution >= 4 is 21.6 Å². The van der Waals surface area contributed by atoms with Gasteiger partial charge >= 0.3 is 0 Å². The van der Waals surface area contributed by atoms with Gasteiger partial charge in [-0.25, -0.2) is 8.42 Å². The second kappa shape index (κ2) is 8.90. The van der Waals surface area contributed by atoms with Crippen molar-refractivity contribution in [2.45, 2.75) is 32.9 Å². The molecule has 1 N–H and O–H groups in total. The third kappa shape index (κ3) is 5.47. The number of hydrogen-bond donors (Lipinski definition) is 1. The molecule has 0 saturated carbocycles. The van der Waals surface area contributed by atoms with Crippen LogP contribution in [0.1, 0.15) is 24.5 Å². The molecule has 2 rings (SSSR count). The Morgan fingerprint density at radius 1 is 1.19 bits per heavy atom. The standard InChI is InChI=1S/C20H26N2O4S/c1-5-19(20(23)21-14-16-9-6-8-15(2)12-16)22(27(4,24)25)17-10-7-11-18(13-17)26-3/h6-13,19H,5,14H2,1-4H3,(H,21,23)/t19-/m1/s1. The van der Waals surface area contributed by atoms with Gasteiger partial charge in [0.25, 0.3) is 0 Å². The number of benzene rings is 2. The quantitative estimate of drug-likeness (QED) is 0.752. The highest BCUT2D eigenvalue weighted by Crippen LogP contribution is 2.26. The number of carbonyl (C=O) groups excluding carboxylic acids is 1. The minimum absolute atomic E-state index is 0.337. The average molecular weight is 391 g/mol. The molecule has 0 saturated heterocycles. The van der Waals surface area contributed by atoms with Crippen LogP contribution in [-0.2, 0) is 21.4 Å². The summed E-state index contributed by atoms with van der Waals surface area (Å²) in [5.74, 6) is 0.184. The highest BCUT2D eigenvalue weighted by molar-refractivity contribution is 7.92. The fraction of sp³-hybridized carbons (Fsp3) is 0.350. The molecule has 0 aliphatic rings. The number of amides is 1. The fourth-order valence-corrected chi connectivity index (χ4v) is 4.14. The number of rotatable bonds is 8. The molecule has 0 aromatic heterocycles. The van der Waals surface area contributed by atoms with Gasteiger partial charge in [0.15, 0.2) is 0 Å². The molecule has 0 bridgehead atoms. The van der Waals surface area contributed by atoms with Crippen LogP contribution in [-0.4, -0.2) is 33.7 Å². The number of nitrogens with zero attached hydrogens (tertiary/aromatic N) is 1. The van der Waals surface area contributed by atoms with E-state index in [2.05, 4.69) is 5.32 Å². The lowest BCUT2D eigenvalue weighted by molar-refractivity contribution is -0.122. The summed E-state index contributed by atoms with van der Waals surface area (Å²) in [5.41, 5.74) is 2.46. The maximum atomic E-state index is 12.8. The fourth-order valence-electron chi connectivity index (χ4n) is 2.94. The van der Waals surface area contributed by atoms with Crippen molar-refractivity contribution in [1.29, 1.82) is 0 Å². The zero-order valence-corrected chi connectivity index (χ0v) is 16.9. The van der Waals surface area contributed by atoms with Gasteiger partial charge < -0.3 is 10.1 Å². The van der Waals surface area contributed by atoms with E-state index in [1.165, 1.54) is 7.11 Å². The molecule has 27 heavy (non-hydrogen) atoms. The molecule has 0 aliphatic carbocycles. The lowest BCUT2D eigenvalue weighted by atomic mass is 10.1. The van der Waals surface area contributed by atoms with Crippen molar-refractivity contribution in [2.24, 2.45) is 0 Å². The van der Waals surface area contributed by atoms with E-state index in [-0.39, 0.29) is 5.91 Å². The van der Waals surface area contributed by atoms with E-state index in [9.17, 15) is 13.2 Å². The van der Waals surface area contributed by atoms with Crippen LogP contribution in [0.3, 0.4) is 0 Å². The van der Waals surface area contributed by atoms with Crippen molar-refractivity contribution < 1.29 is 17.9 Å². The first kappa shape index (κ1) is 20.8. The Bertz CT molecular complexity index is 896. The molecule has 1 atom stereocenters. The number of methoxy groups -OCH3 is 1. The Morgan fingerprint density at radius 3 is 2.48 bits per heavy atom. The van der Waals surface area contributed by atoms with E-state index in [1.54, 1.807) is 31.2 Å². The smallest absolute Gasteiger partial charge is 0.244 e. The summed E-state index contributed by atoms with van der Waals surface area (Å²) >= 11 is 0. The molecule has 0 unspecified atom stereocenters. The van der Waals surface area contributed by atoms with E-state index in [0.29, 0.717) is 24.4 Å². The first-order valence-corrected chi connectivity index (χ1v) is 10.6. The van der Waals surface area contributed by atoms with E-state index in [4.69, 9.17) is 4.74 Å². The molecule has 1 amide bonds. The number of carbonyl (C=O) groups is 1. The predicted molar refractivity (Wildman–Crippen MR) is 107 cm³/mol. The van der Waals surface area contributed by atoms with Gasteiger partial charge in [-0.2, -0.15) is 0 Å². The van der Waals surface area contributed by atoms with Crippen LogP contribution in [0.5, 0.6) is 5.75 Å². The molecular weight excluding hydrogens is 364 g/mol. The van der Waals surface area contributed by atoms with E-state index in [1.807, 2.05) is 31.2 Å². The van der Waals surface area contributed by atoms with Crippen LogP contribution >= 0.6 is 0 Å². The van der Waals surface area contributed by atoms with Gasteiger partial charge in [-0.15, -0.1) is 0 Å². The van der Waals surface area contributed by atoms with Crippen molar-refractivity contribution in [3.63, 3.8) is 0 Å². The highest BCUT2D eigenvalue weighted by Gasteiger charge is 2.31. The number of ether oxygens (including phenoxy) is 1. The number of nitrogens with one attached hydrogen (secondary N) is 1. The van der Waals surface area contributed by atoms with E-state index >= 15 is 0 Å². The lowest BCUT2D eigenvalue weighted by Gasteiger charge is -2.30. The molecule has 0 fully saturated rings. The molecule has 0 heterocycles. The average Bonchev–Trinajstić information content (AvgIpc) is 2.63. The minimum Gasteiger partial charge on any atom is -0.497 e. The van der Waals surface area contributed by atoms with Gasteiger partial charge in [-0.1, -0.05) is 42.8 Å². The second-order valence-corrected chi connectivity index (χ2v) is 8.25. The van der Waals surface area contributed by atoms with Crippen LogP contribution in [0.2, 0.25) is 0 Å². The zero-order valence-electron chi connectivity index (χ0n) is 16.1. The monoisotopic (exact) mass is 390 g/mol. The Labute approximate surface area is 161 Å². The number of sulfonamides is 1. The van der Waals surface area contributed by atoms with Crippen molar-refractivity contribution in [1.82, 2.24) is 5.32 Å². The molecular formula is C20H26N2O4S. The molecule has 146 valence electrons. The van der Waals surface area contributed by atoms with Gasteiger partial charge in [0.05, 0.1) is 19.1 Å². The SMILES string of the molecule is CC[C@H](C(=O)NCc1cccc(C)c1)N(c1cccc(OC)c1)S(C)(=O)=O. The highest BCUT2D eigenvalue weighted by atomic mass is 32.2. The number of anilines is 1. The minimum atomic E-state index is -3.67. The third-order valence-electron chi connectivity index (χ3n) is 4.19. The first-order valence-electron chi connectivity index (χ1n) is 8.73. The summed E-state index contributed by atoms with van der Waals surface area (Å²) in [6.07, 6.45) is 1.44. The van der Waals surface area contributed by atoms with Crippen LogP contribution < -0.4 is 14.4 Å². The Balaban J connectivity index is 2.27. The van der Waals surface area contributed by atoms with E-state index < -0.39 is 16.1 Å². The molecule has 0 spiro atoms. The van der Waals surface area contributed by atoms with E-state index in [0.717, 1.165) is 21.7 Å². The van der Waals surface area contributed by atoms with Crippen LogP contribution in [0.25, 0.3) is 0 Å². The number of aryl methyl sites for hydroxylation is 1. The van der Waals surface area contributed by atoms with Gasteiger partial charge in [0, 0.05) is 12.6 Å². The summed E-state index contributed by atoms with van der Waals surface area (Å²) in [5, 5.41) is 2.85. The van der Waals surface area contributed by atoms with Crippen LogP contribution in [0.4, 0.5) is 5.69 Å². The maximum absolute atomic E-state index is 12.8. The topological polar surface area (TPSA) is 75.7 Å². The Hall–Kier alpha value is -2.54. The third-order valence-corrected chi connectivity index (χ3v) is 5.37. The van der Waals surface area contributed by atoms with Gasteiger partial charge in [0.1, 0.15) is 11.8 Å². The largest absolute Gasteiger partial charge is 0.497 e. The number of hydrogen-bond acceptors (Lipinski definition) is 4. The summed E-state index contributed by atoms with van der Waals surface area (Å²) in [4.78, 5) is 12.8. The first-order chi connectivity index (χ1) is 12.8. The lowest BCUT2D eigenvalue weighted by Crippen LogP contribution is -2.49. The molecule has 0 aliphatic heterocycles. The second-order valence-electron chi connectivity index (χ2n) is 6.39. The molecule has 7 heteroatoms. The molecule has 0 radical (unpaired) electrons. The molecule has 2 aromatic carbocycles. The summed E-state index contributed by atoms with van der Waals surface area (Å²) in [7, 11) is -2.16. The Morgan fingerprint density at radius 2 is 1.89 bits per heavy atom. The van der Waals surface area contributed by atoms with Crippen molar-refractivity contribution in [3.05, 3.63) is 59.7 Å². The van der Waals surface area contributed by atoms with Gasteiger partial charge in [0.2, 0.25) is 15.9 Å². The van der Waals surface area contributed by atoms with Crippen LogP contribution in [0, 0.1) is 6.92 Å². The maximum Gasteiger partial charge on any atom is 0.244 e. The predicted octanol–water partition coefficient (Wildman–Crippen LogP) is 2.86. The van der Waals surface area contributed by atoms with Crippen molar-refractivity contribution in [2.75, 3.05) is 17.7 Å². The Kier molecular flexibility index (Phi) is 6.85. The molecule has 6 nitrogen and oxygen atoms in total. The zero-order chi connectivity index (χ0) is 20.0. The summed E-state index contributed by atoms with van der Waals surface area (Å²) < 4.78 is 31.3. The van der Waals surface area contributed by atoms with Crippen molar-refractivity contribution in [3.8, 4) is 5.75 Å². The summed E-state index contributed by atoms with van der Waals surface area (Å²) in [6, 6.07) is 13.6.